The van der Waals surface area contributed by atoms with Crippen molar-refractivity contribution in [1.29, 1.82) is 0 Å². The summed E-state index contributed by atoms with van der Waals surface area (Å²) in [5.41, 5.74) is 4.57. The Kier molecular flexibility index (Phi) is 16.6. The summed E-state index contributed by atoms with van der Waals surface area (Å²) in [5, 5.41) is 27.6. The molecule has 4 atom stereocenters. The standard InChI is InChI=1S/C55H59FN10O14/c1-3-30-32-17-39-49-33(24-65(39)52(76)34(32)25-80-53(30)77)48-36(11-10-31-28(2)35(56)18-37(63-49)47(31)48)64-54(78)55(14-7-15-55)26-79-27-61-42(68)21-59-50(74)38(16-29-8-5-4-6-9-29)62-43(69)22-58-41(67)20-60-51(75)40(19-57-23-46(72)73)66-44(70)12-13-45(66)71/h4-6,8-9,12-13,17-18,30,36,38,40,57H,3,7,10-11,14-16,19-27H2,1-2H3,(H,58,67)(H,59,74)(H,60,75)(H,61,68)(H,62,69)(H,64,78)(H,72,73)/t30-,36-,38+,40+/m1/s1. The van der Waals surface area contributed by atoms with E-state index in [1.807, 2.05) is 13.0 Å². The highest BCUT2D eigenvalue weighted by molar-refractivity contribution is 6.15. The van der Waals surface area contributed by atoms with Crippen molar-refractivity contribution < 1.29 is 66.9 Å². The fourth-order valence-electron chi connectivity index (χ4n) is 11.0. The number of aliphatic carboxylic acids is 1. The Balaban J connectivity index is 0.780. The average Bonchev–Trinajstić information content (AvgIpc) is 4.13. The molecule has 9 rings (SSSR count). The van der Waals surface area contributed by atoms with E-state index < -0.39 is 121 Å². The number of halogens is 1. The van der Waals surface area contributed by atoms with Crippen molar-refractivity contribution in [3.8, 4) is 11.4 Å². The van der Waals surface area contributed by atoms with Crippen LogP contribution in [0.25, 0.3) is 22.3 Å². The Morgan fingerprint density at radius 2 is 1.57 bits per heavy atom. The van der Waals surface area contributed by atoms with Crippen LogP contribution in [0.1, 0.15) is 89.9 Å². The van der Waals surface area contributed by atoms with E-state index in [0.717, 1.165) is 40.6 Å². The maximum Gasteiger partial charge on any atom is 0.317 e. The number of nitrogens with one attached hydrogen (secondary N) is 7. The van der Waals surface area contributed by atoms with Crippen LogP contribution in [-0.2, 0) is 83.4 Å². The predicted molar refractivity (Wildman–Crippen MR) is 279 cm³/mol. The summed E-state index contributed by atoms with van der Waals surface area (Å²) in [7, 11) is 0. The number of carboxylic acid groups (broad SMARTS) is 1. The first kappa shape index (κ1) is 56.0. The molecule has 4 aromatic rings. The summed E-state index contributed by atoms with van der Waals surface area (Å²) in [6.07, 6.45) is 4.95. The second kappa shape index (κ2) is 23.7. The second-order valence-corrected chi connectivity index (χ2v) is 20.4. The molecule has 25 heteroatoms. The zero-order chi connectivity index (χ0) is 57.0. The number of pyridine rings is 2. The van der Waals surface area contributed by atoms with Crippen molar-refractivity contribution in [2.75, 3.05) is 46.1 Å². The number of fused-ring (bicyclic) bond motifs is 5. The fourth-order valence-corrected chi connectivity index (χ4v) is 11.0. The SMILES string of the molecule is CC[C@H]1C(=O)OCc2c1cc1n(c2=O)Cc2c-1nc1cc(F)c(C)c3c1c2[C@H](NC(=O)C1(COCNC(=O)CNC(=O)[C@H](Cc2ccccc2)NC(=O)CNC(=O)CNC(=O)[C@H](CNCC(=O)O)N2C(=O)C=CC2=O)CCC1)CC3. The molecule has 1 fully saturated rings. The Bertz CT molecular complexity index is 3320. The van der Waals surface area contributed by atoms with Crippen molar-refractivity contribution in [1.82, 2.24) is 51.7 Å². The molecule has 0 spiro atoms. The molecule has 0 saturated heterocycles. The largest absolute Gasteiger partial charge is 0.480 e. The lowest BCUT2D eigenvalue weighted by molar-refractivity contribution is -0.148. The Morgan fingerprint density at radius 1 is 0.875 bits per heavy atom. The minimum absolute atomic E-state index is 0.00866. The average molecular weight is 1100 g/mol. The number of aryl methyl sites for hydroxylation is 1. The van der Waals surface area contributed by atoms with Crippen LogP contribution in [0.15, 0.2) is 59.4 Å². The van der Waals surface area contributed by atoms with Gasteiger partial charge in [-0.15, -0.1) is 0 Å². The number of ether oxygens (including phenoxy) is 2. The minimum atomic E-state index is -1.50. The monoisotopic (exact) mass is 1100 g/mol. The molecular weight excluding hydrogens is 1040 g/mol. The van der Waals surface area contributed by atoms with Crippen LogP contribution in [0, 0.1) is 18.2 Å². The highest BCUT2D eigenvalue weighted by atomic mass is 19.1. The number of carbonyl (C=O) groups is 10. The van der Waals surface area contributed by atoms with Gasteiger partial charge in [-0.2, -0.15) is 0 Å². The third-order valence-electron chi connectivity index (χ3n) is 15.3. The molecule has 5 aliphatic rings. The van der Waals surface area contributed by atoms with Crippen LogP contribution in [-0.4, -0.2) is 137 Å². The van der Waals surface area contributed by atoms with Gasteiger partial charge >= 0.3 is 11.9 Å². The van der Waals surface area contributed by atoms with E-state index >= 15 is 4.39 Å². The lowest BCUT2D eigenvalue weighted by atomic mass is 9.68. The first-order valence-electron chi connectivity index (χ1n) is 26.2. The molecular formula is C55H59FN10O14. The number of cyclic esters (lactones) is 1. The number of nitrogens with zero attached hydrogens (tertiary/aromatic N) is 3. The van der Waals surface area contributed by atoms with Gasteiger partial charge in [-0.25, -0.2) is 9.37 Å². The highest BCUT2D eigenvalue weighted by Gasteiger charge is 2.46. The normalized spacial score (nSPS) is 17.9. The number of hydrogen-bond acceptors (Lipinski definition) is 15. The molecule has 420 valence electrons. The summed E-state index contributed by atoms with van der Waals surface area (Å²) < 4.78 is 28.4. The molecule has 2 aromatic heterocycles. The number of esters is 1. The molecule has 5 heterocycles. The molecule has 24 nitrogen and oxygen atoms in total. The minimum Gasteiger partial charge on any atom is -0.480 e. The number of aromatic nitrogens is 2. The van der Waals surface area contributed by atoms with Gasteiger partial charge in [0.15, 0.2) is 0 Å². The zero-order valence-electron chi connectivity index (χ0n) is 43.8. The third-order valence-corrected chi connectivity index (χ3v) is 15.3. The molecule has 0 radical (unpaired) electrons. The molecule has 8 N–H and O–H groups in total. The van der Waals surface area contributed by atoms with Crippen molar-refractivity contribution in [2.24, 2.45) is 5.41 Å². The van der Waals surface area contributed by atoms with Gasteiger partial charge < -0.3 is 56.4 Å². The smallest absolute Gasteiger partial charge is 0.317 e. The van der Waals surface area contributed by atoms with Crippen LogP contribution >= 0.6 is 0 Å². The van der Waals surface area contributed by atoms with Gasteiger partial charge in [-0.1, -0.05) is 43.7 Å². The molecule has 0 unspecified atom stereocenters. The van der Waals surface area contributed by atoms with Gasteiger partial charge in [0.1, 0.15) is 31.2 Å². The number of amides is 8. The third kappa shape index (κ3) is 11.5. The Morgan fingerprint density at radius 3 is 2.26 bits per heavy atom. The summed E-state index contributed by atoms with van der Waals surface area (Å²) >= 11 is 0. The first-order chi connectivity index (χ1) is 38.4. The topological polar surface area (TPSA) is 332 Å². The molecule has 2 aromatic carbocycles. The van der Waals surface area contributed by atoms with Gasteiger partial charge in [0.05, 0.1) is 79.2 Å². The van der Waals surface area contributed by atoms with Crippen LogP contribution in [0.2, 0.25) is 0 Å². The van der Waals surface area contributed by atoms with E-state index in [2.05, 4.69) is 37.2 Å². The maximum atomic E-state index is 15.5. The van der Waals surface area contributed by atoms with Crippen LogP contribution in [0.3, 0.4) is 0 Å². The van der Waals surface area contributed by atoms with E-state index in [1.165, 1.54) is 6.07 Å². The Labute approximate surface area is 456 Å². The fraction of sp³-hybridized carbons (Fsp3) is 0.418. The van der Waals surface area contributed by atoms with Crippen molar-refractivity contribution in [3.05, 3.63) is 110 Å². The van der Waals surface area contributed by atoms with E-state index in [0.29, 0.717) is 76.2 Å². The van der Waals surface area contributed by atoms with Crippen LogP contribution < -0.4 is 42.8 Å². The summed E-state index contributed by atoms with van der Waals surface area (Å²) in [6, 6.07) is 8.60. The molecule has 2 aliphatic carbocycles. The maximum absolute atomic E-state index is 15.5. The second-order valence-electron chi connectivity index (χ2n) is 20.4. The number of benzene rings is 2. The van der Waals surface area contributed by atoms with Gasteiger partial charge in [0.2, 0.25) is 35.4 Å². The van der Waals surface area contributed by atoms with Gasteiger partial charge in [-0.05, 0) is 72.9 Å². The van der Waals surface area contributed by atoms with E-state index in [9.17, 15) is 52.7 Å². The lowest BCUT2D eigenvalue weighted by Crippen LogP contribution is -2.56. The Hall–Kier alpha value is -8.71. The van der Waals surface area contributed by atoms with Gasteiger partial charge in [0, 0.05) is 42.1 Å². The van der Waals surface area contributed by atoms with Gasteiger partial charge in [0.25, 0.3) is 17.4 Å². The van der Waals surface area contributed by atoms with E-state index in [-0.39, 0.29) is 44.4 Å². The highest BCUT2D eigenvalue weighted by Crippen LogP contribution is 2.47. The van der Waals surface area contributed by atoms with Crippen molar-refractivity contribution in [3.63, 3.8) is 0 Å². The van der Waals surface area contributed by atoms with Crippen LogP contribution in [0.5, 0.6) is 0 Å². The summed E-state index contributed by atoms with van der Waals surface area (Å²) in [4.78, 5) is 148. The number of rotatable bonds is 23. The number of carbonyl (C=O) groups excluding carboxylic acids is 9. The van der Waals surface area contributed by atoms with E-state index in [1.54, 1.807) is 41.8 Å². The zero-order valence-corrected chi connectivity index (χ0v) is 43.8. The quantitative estimate of drug-likeness (QED) is 0.0182. The molecule has 80 heavy (non-hydrogen) atoms. The lowest BCUT2D eigenvalue weighted by Gasteiger charge is -2.41. The van der Waals surface area contributed by atoms with Gasteiger partial charge in [-0.3, -0.25) is 57.6 Å². The molecule has 0 bridgehead atoms. The number of carboxylic acids is 1. The first-order valence-corrected chi connectivity index (χ1v) is 26.2. The molecule has 8 amide bonds. The summed E-state index contributed by atoms with van der Waals surface area (Å²) in [6.45, 7) is 0.329. The van der Waals surface area contributed by atoms with Crippen molar-refractivity contribution >= 4 is 70.1 Å². The van der Waals surface area contributed by atoms with E-state index in [4.69, 9.17) is 19.6 Å². The molecule has 3 aliphatic heterocycles. The van der Waals surface area contributed by atoms with Crippen LogP contribution in [0.4, 0.5) is 4.39 Å². The number of hydrogen-bond donors (Lipinski definition) is 8. The molecule has 1 saturated carbocycles. The number of imide groups is 1. The predicted octanol–water partition coefficient (Wildman–Crippen LogP) is -0.169. The van der Waals surface area contributed by atoms with Crippen molar-refractivity contribution in [2.45, 2.75) is 96.0 Å². The summed E-state index contributed by atoms with van der Waals surface area (Å²) in [5.74, 6) is -8.59.